The second-order valence-electron chi connectivity index (χ2n) is 37.4. The molecule has 0 spiro atoms. The van der Waals surface area contributed by atoms with Crippen LogP contribution < -0.4 is 17.5 Å². The molecule has 4 heterocycles. The molecule has 43 heteroatoms. The Labute approximate surface area is 869 Å². The summed E-state index contributed by atoms with van der Waals surface area (Å²) in [7, 11) is -25.4. The number of alkyl halides is 12. The number of anilines is 1. The molecule has 11 aromatic carbocycles. The van der Waals surface area contributed by atoms with E-state index >= 15 is 0 Å². The summed E-state index contributed by atoms with van der Waals surface area (Å²) in [6, 6.07) is 67.8. The number of benzene rings is 11. The maximum absolute atomic E-state index is 12.8. The summed E-state index contributed by atoms with van der Waals surface area (Å²) in [6.45, 7) is 41.9. The fourth-order valence-corrected chi connectivity index (χ4v) is 22.0. The highest BCUT2D eigenvalue weighted by Crippen LogP contribution is 2.48. The van der Waals surface area contributed by atoms with Crippen molar-refractivity contribution in [1.29, 1.82) is 0 Å². The molecule has 149 heavy (non-hydrogen) atoms. The number of nitrogens with zero attached hydrogens (tertiary/aromatic N) is 1. The van der Waals surface area contributed by atoms with E-state index in [4.69, 9.17) is 38.1 Å². The predicted octanol–water partition coefficient (Wildman–Crippen LogP) is 27.7. The van der Waals surface area contributed by atoms with Crippen LogP contribution >= 0.6 is 34.0 Å². The first-order chi connectivity index (χ1) is 68.8. The normalized spacial score (nSPS) is 14.1. The van der Waals surface area contributed by atoms with Crippen molar-refractivity contribution in [2.24, 2.45) is 0 Å². The molecule has 14 aromatic rings. The van der Waals surface area contributed by atoms with E-state index in [0.717, 1.165) is 114 Å². The molecule has 2 N–H and O–H groups in total. The molecule has 1 saturated heterocycles. The van der Waals surface area contributed by atoms with Gasteiger partial charge in [-0.2, -0.15) is 86.4 Å². The lowest BCUT2D eigenvalue weighted by Crippen LogP contribution is -2.49. The molecule has 802 valence electrons. The third kappa shape index (κ3) is 30.8. The van der Waals surface area contributed by atoms with Gasteiger partial charge in [0.15, 0.2) is 18.3 Å². The van der Waals surface area contributed by atoms with E-state index in [9.17, 15) is 106 Å². The summed E-state index contributed by atoms with van der Waals surface area (Å²) >= 11 is 4.95. The number of aromatic hydroxyl groups is 1. The van der Waals surface area contributed by atoms with Gasteiger partial charge in [-0.3, -0.25) is 0 Å². The van der Waals surface area contributed by atoms with Crippen molar-refractivity contribution in [1.82, 2.24) is 0 Å². The number of carbonyl (C=O) groups is 3. The summed E-state index contributed by atoms with van der Waals surface area (Å²) in [6.07, 6.45) is -2.54. The lowest BCUT2D eigenvalue weighted by molar-refractivity contribution is -0.167. The molecular formula is C106H112BF12NO22S7. The highest BCUT2D eigenvalue weighted by Gasteiger charge is 2.62. The van der Waals surface area contributed by atoms with Crippen LogP contribution in [0.15, 0.2) is 243 Å². The standard InChI is InChI=1S/C24H28O3S.C22H24O3S.C20H33BO5S.2C11H7F3O3S.C10H8O.C8H5F6NO4S2/c1-7-26-23(25)22(27-24(4,5)6)21-16(3)28-15(2)20(21)19-13-12-17-10-8-9-11-18(17)14-19;1-13-18(17-11-10-15-8-6-7-9-16(15)12-17)19(14(2)26-13)20(21(23)24)25-22(3,4)5;1-11-23-17(22)16(24-18(4,5)6)14-12(2)27-13(3)15(14)21-25-19(7,8)20(9,10)26-21;2*12-11(13,14)18(15,16)17-10-6-5-8-3-1-2-4-9(8)7-10;11-10-6-5-8-3-1-2-4-9(8)7-10;9-7(10,11)20(16,17)15(6-4-2-1-3-5-6)21(18,19)8(12,13)14/h8-14,22H,7H2,1-6H3;6-12,20H,1-5H3,(H,23,24);16H,11H2,1-10H3;2*1-7H;1-7,11H;1-5H. The molecule has 15 rings (SSSR count). The zero-order valence-electron chi connectivity index (χ0n) is 84.7. The van der Waals surface area contributed by atoms with E-state index in [-0.39, 0.29) is 23.4 Å². The molecule has 1 aliphatic rings. The number of phenols is 1. The van der Waals surface area contributed by atoms with E-state index in [1.807, 2.05) is 179 Å². The first-order valence-corrected chi connectivity index (χ1v) is 53.8. The van der Waals surface area contributed by atoms with E-state index in [1.165, 1.54) is 57.4 Å². The Morgan fingerprint density at radius 2 is 0.644 bits per heavy atom. The molecule has 3 atom stereocenters. The summed E-state index contributed by atoms with van der Waals surface area (Å²) in [5.41, 5.74) is -19.5. The van der Waals surface area contributed by atoms with Gasteiger partial charge in [-0.1, -0.05) is 182 Å². The zero-order chi connectivity index (χ0) is 111. The monoisotopic (exact) mass is 2210 g/mol. The number of rotatable bonds is 21. The van der Waals surface area contributed by atoms with Crippen LogP contribution in [0.4, 0.5) is 58.4 Å². The van der Waals surface area contributed by atoms with Crippen molar-refractivity contribution in [2.45, 2.75) is 214 Å². The lowest BCUT2D eigenvalue weighted by Gasteiger charge is -2.32. The minimum atomic E-state index is -6.81. The molecule has 23 nitrogen and oxygen atoms in total. The number of aliphatic carboxylic acids is 1. The summed E-state index contributed by atoms with van der Waals surface area (Å²) in [5.74, 6) is -2.09. The quantitative estimate of drug-likeness (QED) is 0.0222. The van der Waals surface area contributed by atoms with Gasteiger partial charge in [-0.25, -0.2) is 14.4 Å². The highest BCUT2D eigenvalue weighted by atomic mass is 32.3. The molecule has 3 aromatic heterocycles. The SMILES string of the molecule is CCOC(=O)C(OC(C)(C)C)c1c(C)sc(C)c1-c1ccc2ccccc2c1.CCOC(=O)C(OC(C)(C)C)c1c(C)sc(C)c1B1OC(C)(C)C(C)(C)O1.Cc1sc(C)c(C(OC(C)(C)C)C(=O)O)c1-c1ccc2ccccc2c1.O=S(=O)(N(c1ccccc1)S(=O)(=O)C(F)(F)F)C(F)(F)F.O=S(=O)(Oc1ccc2ccccc2c1)C(F)(F)F.O=S(=O)(Oc1ccc2ccccc2c1)C(F)(F)F.Oc1ccc2ccccc2c1. The molecule has 0 radical (unpaired) electrons. The minimum Gasteiger partial charge on any atom is -0.508 e. The van der Waals surface area contributed by atoms with Gasteiger partial charge >= 0.3 is 87.3 Å². The number of fused-ring (bicyclic) bond motifs is 5. The third-order valence-electron chi connectivity index (χ3n) is 22.1. The Hall–Kier alpha value is -11.7. The van der Waals surface area contributed by atoms with Crippen LogP contribution in [0.2, 0.25) is 0 Å². The first-order valence-electron chi connectivity index (χ1n) is 45.6. The number of para-hydroxylation sites is 1. The Morgan fingerprint density at radius 3 is 0.966 bits per heavy atom. The maximum Gasteiger partial charge on any atom is 0.534 e. The second kappa shape index (κ2) is 47.8. The summed E-state index contributed by atoms with van der Waals surface area (Å²) in [5, 5.41) is 28.6. The summed E-state index contributed by atoms with van der Waals surface area (Å²) in [4.78, 5) is 44.1. The first kappa shape index (κ1) is 121. The van der Waals surface area contributed by atoms with Gasteiger partial charge in [0.05, 0.1) is 46.9 Å². The maximum atomic E-state index is 12.8. The third-order valence-corrected chi connectivity index (χ3v) is 30.8. The number of halogens is 12. The minimum absolute atomic E-state index is 0.302. The van der Waals surface area contributed by atoms with Gasteiger partial charge < -0.3 is 51.6 Å². The summed E-state index contributed by atoms with van der Waals surface area (Å²) < 4.78 is 283. The Kier molecular flexibility index (Phi) is 38.8. The van der Waals surface area contributed by atoms with Gasteiger partial charge in [-0.15, -0.1) is 37.7 Å². The number of carboxylic acid groups (broad SMARTS) is 1. The van der Waals surface area contributed by atoms with Crippen molar-refractivity contribution in [3.8, 4) is 39.5 Å². The van der Waals surface area contributed by atoms with Crippen LogP contribution in [0.1, 0.15) is 168 Å². The second-order valence-corrected chi connectivity index (χ2v) is 48.5. The molecule has 3 unspecified atom stereocenters. The van der Waals surface area contributed by atoms with Crippen LogP contribution in [0.3, 0.4) is 0 Å². The Bertz CT molecular complexity index is 7420. The van der Waals surface area contributed by atoms with Crippen LogP contribution in [0.25, 0.3) is 76.1 Å². The fourth-order valence-electron chi connectivity index (χ4n) is 15.0. The van der Waals surface area contributed by atoms with Crippen molar-refractivity contribution >= 4 is 164 Å². The van der Waals surface area contributed by atoms with Crippen LogP contribution in [-0.4, -0.2) is 132 Å². The number of phenolic OH excluding ortho intramolecular Hbond substituents is 1. The highest BCUT2D eigenvalue weighted by molar-refractivity contribution is 8.11. The average Bonchev–Trinajstić information content (AvgIpc) is 1.58. The van der Waals surface area contributed by atoms with E-state index in [1.54, 1.807) is 102 Å². The van der Waals surface area contributed by atoms with Gasteiger partial charge in [-0.05, 0) is 271 Å². The van der Waals surface area contributed by atoms with Crippen molar-refractivity contribution in [3.05, 3.63) is 289 Å². The van der Waals surface area contributed by atoms with Crippen LogP contribution in [0, 0.1) is 41.5 Å². The van der Waals surface area contributed by atoms with Gasteiger partial charge in [0.2, 0.25) is 0 Å². The number of esters is 2. The van der Waals surface area contributed by atoms with Gasteiger partial charge in [0.1, 0.15) is 17.2 Å². The fraction of sp³-hybridized carbons (Fsp3) is 0.330. The van der Waals surface area contributed by atoms with Gasteiger partial charge in [0, 0.05) is 62.5 Å². The molecular weight excluding hydrogens is 2100 g/mol. The van der Waals surface area contributed by atoms with E-state index < -0.39 is 131 Å². The number of ether oxygens (including phenoxy) is 5. The smallest absolute Gasteiger partial charge is 0.508 e. The number of aryl methyl sites for hydroxylation is 6. The topological polar surface area (TPSA) is 315 Å². The lowest BCUT2D eigenvalue weighted by atomic mass is 9.74. The number of carboxylic acids is 1. The molecule has 0 aliphatic carbocycles. The molecule has 1 fully saturated rings. The molecule has 0 saturated carbocycles. The zero-order valence-corrected chi connectivity index (χ0v) is 90.4. The largest absolute Gasteiger partial charge is 0.534 e. The predicted molar refractivity (Wildman–Crippen MR) is 558 cm³/mol. The van der Waals surface area contributed by atoms with Crippen molar-refractivity contribution in [3.63, 3.8) is 0 Å². The average molecular weight is 2220 g/mol. The number of hydrogen-bond donors (Lipinski definition) is 2. The van der Waals surface area contributed by atoms with Crippen molar-refractivity contribution in [2.75, 3.05) is 16.9 Å². The van der Waals surface area contributed by atoms with Gasteiger partial charge in [0.25, 0.3) is 0 Å². The number of thiophene rings is 3. The van der Waals surface area contributed by atoms with E-state index in [2.05, 4.69) is 82.9 Å². The molecule has 1 aliphatic heterocycles. The van der Waals surface area contributed by atoms with Crippen LogP contribution in [0.5, 0.6) is 17.2 Å². The Morgan fingerprint density at radius 1 is 0.362 bits per heavy atom. The molecule has 0 amide bonds. The van der Waals surface area contributed by atoms with Crippen molar-refractivity contribution < 1.29 is 152 Å². The Balaban J connectivity index is 0.000000196. The number of hydrogen-bond acceptors (Lipinski definition) is 24. The number of sulfonamides is 2. The van der Waals surface area contributed by atoms with Crippen LogP contribution in [-0.2, 0) is 87.7 Å². The van der Waals surface area contributed by atoms with E-state index in [0.29, 0.717) is 41.9 Å². The number of carbonyl (C=O) groups excluding carboxylic acids is 2. The molecule has 0 bridgehead atoms.